The van der Waals surface area contributed by atoms with Crippen molar-refractivity contribution >= 4 is 5.78 Å². The molecule has 0 aliphatic heterocycles. The molecule has 0 fully saturated rings. The number of nitrogens with zero attached hydrogens (tertiary/aromatic N) is 1. The third-order valence-corrected chi connectivity index (χ3v) is 2.29. The van der Waals surface area contributed by atoms with E-state index in [2.05, 4.69) is 4.98 Å². The molecule has 2 nitrogen and oxygen atoms in total. The van der Waals surface area contributed by atoms with Gasteiger partial charge in [-0.1, -0.05) is 44.2 Å². The Balaban J connectivity index is 0.000000686. The molecule has 17 heavy (non-hydrogen) atoms. The number of rotatable bonds is 2. The van der Waals surface area contributed by atoms with Crippen molar-refractivity contribution < 1.29 is 4.79 Å². The molecule has 0 saturated heterocycles. The van der Waals surface area contributed by atoms with Crippen molar-refractivity contribution in [3.05, 3.63) is 54.4 Å². The second kappa shape index (κ2) is 6.59. The number of hydrogen-bond acceptors (Lipinski definition) is 2. The summed E-state index contributed by atoms with van der Waals surface area (Å²) in [6, 6.07) is 11.4. The number of hydrogen-bond donors (Lipinski definition) is 0. The maximum Gasteiger partial charge on any atom is 0.159 e. The van der Waals surface area contributed by atoms with Gasteiger partial charge in [0.2, 0.25) is 0 Å². The van der Waals surface area contributed by atoms with E-state index < -0.39 is 0 Å². The molecule has 2 aromatic rings. The lowest BCUT2D eigenvalue weighted by atomic mass is 10.0. The SMILES string of the molecule is CC.CC(=O)c1ccc(-c2cccnc2)cc1. The molecule has 0 unspecified atom stereocenters. The van der Waals surface area contributed by atoms with Gasteiger partial charge in [0.25, 0.3) is 0 Å². The third-order valence-electron chi connectivity index (χ3n) is 2.29. The average Bonchev–Trinajstić information content (AvgIpc) is 2.42. The number of carbonyl (C=O) groups excluding carboxylic acids is 1. The van der Waals surface area contributed by atoms with Crippen LogP contribution >= 0.6 is 0 Å². The van der Waals surface area contributed by atoms with Gasteiger partial charge < -0.3 is 0 Å². The van der Waals surface area contributed by atoms with Crippen molar-refractivity contribution in [2.75, 3.05) is 0 Å². The van der Waals surface area contributed by atoms with Crippen LogP contribution in [-0.2, 0) is 0 Å². The van der Waals surface area contributed by atoms with Gasteiger partial charge >= 0.3 is 0 Å². The molecule has 0 amide bonds. The predicted octanol–water partition coefficient (Wildman–Crippen LogP) is 3.98. The Morgan fingerprint density at radius 1 is 1.00 bits per heavy atom. The predicted molar refractivity (Wildman–Crippen MR) is 71.0 cm³/mol. The Kier molecular flexibility index (Phi) is 5.08. The highest BCUT2D eigenvalue weighted by Gasteiger charge is 2.00. The zero-order chi connectivity index (χ0) is 12.7. The minimum atomic E-state index is 0.0905. The lowest BCUT2D eigenvalue weighted by Crippen LogP contribution is -1.90. The first-order valence-electron chi connectivity index (χ1n) is 5.79. The van der Waals surface area contributed by atoms with Crippen LogP contribution in [0.25, 0.3) is 11.1 Å². The minimum Gasteiger partial charge on any atom is -0.295 e. The van der Waals surface area contributed by atoms with Crippen LogP contribution in [0.4, 0.5) is 0 Å². The van der Waals surface area contributed by atoms with Gasteiger partial charge in [-0.25, -0.2) is 0 Å². The van der Waals surface area contributed by atoms with Crippen LogP contribution < -0.4 is 0 Å². The molecule has 2 rings (SSSR count). The fourth-order valence-electron chi connectivity index (χ4n) is 1.43. The van der Waals surface area contributed by atoms with E-state index in [1.807, 2.05) is 56.4 Å². The van der Waals surface area contributed by atoms with Crippen molar-refractivity contribution in [3.63, 3.8) is 0 Å². The molecule has 0 atom stereocenters. The summed E-state index contributed by atoms with van der Waals surface area (Å²) in [7, 11) is 0. The van der Waals surface area contributed by atoms with Gasteiger partial charge in [-0.15, -0.1) is 0 Å². The first-order valence-corrected chi connectivity index (χ1v) is 5.79. The Morgan fingerprint density at radius 2 is 1.65 bits per heavy atom. The summed E-state index contributed by atoms with van der Waals surface area (Å²) in [5, 5.41) is 0. The first kappa shape index (κ1) is 13.1. The van der Waals surface area contributed by atoms with Crippen LogP contribution in [0.5, 0.6) is 0 Å². The summed E-state index contributed by atoms with van der Waals surface area (Å²) < 4.78 is 0. The number of aromatic nitrogens is 1. The van der Waals surface area contributed by atoms with Crippen molar-refractivity contribution in [1.29, 1.82) is 0 Å². The smallest absolute Gasteiger partial charge is 0.159 e. The first-order chi connectivity index (χ1) is 8.27. The Hall–Kier alpha value is -1.96. The largest absolute Gasteiger partial charge is 0.295 e. The number of benzene rings is 1. The van der Waals surface area contributed by atoms with Gasteiger partial charge in [0.15, 0.2) is 5.78 Å². The standard InChI is InChI=1S/C13H11NO.C2H6/c1-10(15)11-4-6-12(7-5-11)13-3-2-8-14-9-13;1-2/h2-9H,1H3;1-2H3. The van der Waals surface area contributed by atoms with Gasteiger partial charge in [0.1, 0.15) is 0 Å². The number of carbonyl (C=O) groups is 1. The van der Waals surface area contributed by atoms with E-state index in [1.165, 1.54) is 0 Å². The van der Waals surface area contributed by atoms with Gasteiger partial charge in [-0.05, 0) is 24.1 Å². The van der Waals surface area contributed by atoms with Crippen LogP contribution in [0.3, 0.4) is 0 Å². The average molecular weight is 227 g/mol. The quantitative estimate of drug-likeness (QED) is 0.726. The van der Waals surface area contributed by atoms with Crippen molar-refractivity contribution in [1.82, 2.24) is 4.98 Å². The molecule has 0 aliphatic carbocycles. The summed E-state index contributed by atoms with van der Waals surface area (Å²) in [6.07, 6.45) is 3.55. The highest BCUT2D eigenvalue weighted by molar-refractivity contribution is 5.94. The Labute approximate surface area is 102 Å². The monoisotopic (exact) mass is 227 g/mol. The number of Topliss-reactive ketones (excluding diaryl/α,β-unsaturated/α-hetero) is 1. The number of pyridine rings is 1. The molecule has 0 radical (unpaired) electrons. The van der Waals surface area contributed by atoms with Gasteiger partial charge in [-0.3, -0.25) is 9.78 Å². The summed E-state index contributed by atoms with van der Waals surface area (Å²) in [4.78, 5) is 15.1. The summed E-state index contributed by atoms with van der Waals surface area (Å²) in [5.41, 5.74) is 2.88. The molecule has 1 heterocycles. The zero-order valence-corrected chi connectivity index (χ0v) is 10.5. The van der Waals surface area contributed by atoms with Crippen LogP contribution in [0.1, 0.15) is 31.1 Å². The molecule has 1 aromatic heterocycles. The molecule has 0 bridgehead atoms. The lowest BCUT2D eigenvalue weighted by molar-refractivity contribution is 0.101. The fourth-order valence-corrected chi connectivity index (χ4v) is 1.43. The number of ketones is 1. The van der Waals surface area contributed by atoms with E-state index in [4.69, 9.17) is 0 Å². The van der Waals surface area contributed by atoms with E-state index in [0.29, 0.717) is 0 Å². The highest BCUT2D eigenvalue weighted by atomic mass is 16.1. The second-order valence-corrected chi connectivity index (χ2v) is 3.38. The van der Waals surface area contributed by atoms with Gasteiger partial charge in [0, 0.05) is 18.0 Å². The molecule has 2 heteroatoms. The molecule has 88 valence electrons. The maximum absolute atomic E-state index is 11.1. The summed E-state index contributed by atoms with van der Waals surface area (Å²) in [5.74, 6) is 0.0905. The zero-order valence-electron chi connectivity index (χ0n) is 10.5. The molecular formula is C15H17NO. The Bertz CT molecular complexity index is 460. The van der Waals surface area contributed by atoms with Gasteiger partial charge in [-0.2, -0.15) is 0 Å². The van der Waals surface area contributed by atoms with Crippen LogP contribution in [0, 0.1) is 0 Å². The molecule has 0 saturated carbocycles. The van der Waals surface area contributed by atoms with Crippen molar-refractivity contribution in [2.24, 2.45) is 0 Å². The summed E-state index contributed by atoms with van der Waals surface area (Å²) >= 11 is 0. The highest BCUT2D eigenvalue weighted by Crippen LogP contribution is 2.18. The molecule has 1 aromatic carbocycles. The van der Waals surface area contributed by atoms with E-state index in [0.717, 1.165) is 16.7 Å². The summed E-state index contributed by atoms with van der Waals surface area (Å²) in [6.45, 7) is 5.57. The van der Waals surface area contributed by atoms with Crippen molar-refractivity contribution in [2.45, 2.75) is 20.8 Å². The topological polar surface area (TPSA) is 30.0 Å². The van der Waals surface area contributed by atoms with Crippen LogP contribution in [0.15, 0.2) is 48.8 Å². The van der Waals surface area contributed by atoms with Crippen molar-refractivity contribution in [3.8, 4) is 11.1 Å². The molecule has 0 spiro atoms. The van der Waals surface area contributed by atoms with Crippen LogP contribution in [-0.4, -0.2) is 10.8 Å². The lowest BCUT2D eigenvalue weighted by Gasteiger charge is -2.01. The van der Waals surface area contributed by atoms with E-state index in [1.54, 1.807) is 13.1 Å². The fraction of sp³-hybridized carbons (Fsp3) is 0.200. The third kappa shape index (κ3) is 3.52. The molecule has 0 aliphatic rings. The normalized spacial score (nSPS) is 9.12. The van der Waals surface area contributed by atoms with E-state index >= 15 is 0 Å². The molecule has 0 N–H and O–H groups in total. The maximum atomic E-state index is 11.1. The Morgan fingerprint density at radius 3 is 2.12 bits per heavy atom. The molecular weight excluding hydrogens is 210 g/mol. The van der Waals surface area contributed by atoms with Crippen LogP contribution in [0.2, 0.25) is 0 Å². The van der Waals surface area contributed by atoms with E-state index in [9.17, 15) is 4.79 Å². The second-order valence-electron chi connectivity index (χ2n) is 3.38. The minimum absolute atomic E-state index is 0.0905. The van der Waals surface area contributed by atoms with Gasteiger partial charge in [0.05, 0.1) is 0 Å². The van der Waals surface area contributed by atoms with E-state index in [-0.39, 0.29) is 5.78 Å².